The molecule has 0 amide bonds. The van der Waals surface area contributed by atoms with Gasteiger partial charge in [-0.05, 0) is 41.8 Å². The minimum Gasteiger partial charge on any atom is -0.497 e. The lowest BCUT2D eigenvalue weighted by atomic mass is 10.0. The molecule has 4 rings (SSSR count). The molecular formula is C20H22N4O. The van der Waals surface area contributed by atoms with Crippen LogP contribution in [0.4, 0.5) is 0 Å². The maximum atomic E-state index is 5.30. The van der Waals surface area contributed by atoms with Crippen molar-refractivity contribution in [1.29, 1.82) is 0 Å². The molecule has 25 heavy (non-hydrogen) atoms. The standard InChI is InChI=1S/C20H22N4O/c1-15-11-21-8-7-17(15)12-24-14-20-22-9-10-23(20)13-19(24)16-3-5-18(25-2)6-4-16/h3-11,19H,12-14H2,1-2H3/t19-/m0/s1. The fraction of sp³-hybridized carbons (Fsp3) is 0.300. The molecule has 0 bridgehead atoms. The van der Waals surface area contributed by atoms with Gasteiger partial charge < -0.3 is 9.30 Å². The molecule has 1 aliphatic heterocycles. The summed E-state index contributed by atoms with van der Waals surface area (Å²) in [5.74, 6) is 2.01. The van der Waals surface area contributed by atoms with E-state index in [1.165, 1.54) is 16.7 Å². The Hall–Kier alpha value is -2.66. The van der Waals surface area contributed by atoms with E-state index in [1.807, 2.05) is 30.7 Å². The molecule has 0 radical (unpaired) electrons. The van der Waals surface area contributed by atoms with E-state index in [2.05, 4.69) is 50.8 Å². The molecule has 3 heterocycles. The Bertz CT molecular complexity index is 856. The smallest absolute Gasteiger partial charge is 0.122 e. The number of pyridine rings is 1. The van der Waals surface area contributed by atoms with E-state index >= 15 is 0 Å². The van der Waals surface area contributed by atoms with Crippen molar-refractivity contribution >= 4 is 0 Å². The van der Waals surface area contributed by atoms with E-state index in [-0.39, 0.29) is 0 Å². The zero-order chi connectivity index (χ0) is 17.2. The number of nitrogens with zero attached hydrogens (tertiary/aromatic N) is 4. The van der Waals surface area contributed by atoms with E-state index in [4.69, 9.17) is 4.74 Å². The highest BCUT2D eigenvalue weighted by molar-refractivity contribution is 5.30. The second-order valence-electron chi connectivity index (χ2n) is 6.49. The Morgan fingerprint density at radius 3 is 2.76 bits per heavy atom. The van der Waals surface area contributed by atoms with Crippen molar-refractivity contribution in [3.8, 4) is 5.75 Å². The van der Waals surface area contributed by atoms with Crippen LogP contribution in [0.25, 0.3) is 0 Å². The second kappa shape index (κ2) is 6.69. The lowest BCUT2D eigenvalue weighted by molar-refractivity contribution is 0.128. The van der Waals surface area contributed by atoms with Crippen molar-refractivity contribution in [3.05, 3.63) is 77.6 Å². The van der Waals surface area contributed by atoms with Crippen molar-refractivity contribution < 1.29 is 4.74 Å². The number of rotatable bonds is 4. The van der Waals surface area contributed by atoms with Gasteiger partial charge in [-0.3, -0.25) is 9.88 Å². The van der Waals surface area contributed by atoms with Crippen LogP contribution >= 0.6 is 0 Å². The van der Waals surface area contributed by atoms with Crippen molar-refractivity contribution in [2.24, 2.45) is 0 Å². The summed E-state index contributed by atoms with van der Waals surface area (Å²) in [5.41, 5.74) is 3.84. The molecule has 1 aromatic carbocycles. The van der Waals surface area contributed by atoms with Crippen molar-refractivity contribution in [3.63, 3.8) is 0 Å². The molecule has 0 unspecified atom stereocenters. The average molecular weight is 334 g/mol. The molecule has 1 aliphatic rings. The number of aryl methyl sites for hydroxylation is 1. The number of benzene rings is 1. The van der Waals surface area contributed by atoms with Crippen LogP contribution in [0, 0.1) is 6.92 Å². The van der Waals surface area contributed by atoms with Gasteiger partial charge in [0, 0.05) is 37.9 Å². The molecular weight excluding hydrogens is 312 g/mol. The van der Waals surface area contributed by atoms with Crippen LogP contribution in [0.1, 0.15) is 28.6 Å². The van der Waals surface area contributed by atoms with E-state index < -0.39 is 0 Å². The number of aromatic nitrogens is 3. The number of fused-ring (bicyclic) bond motifs is 1. The molecule has 5 nitrogen and oxygen atoms in total. The van der Waals surface area contributed by atoms with Crippen LogP contribution in [0.3, 0.4) is 0 Å². The van der Waals surface area contributed by atoms with Crippen molar-refractivity contribution in [1.82, 2.24) is 19.4 Å². The van der Waals surface area contributed by atoms with Gasteiger partial charge in [0.25, 0.3) is 0 Å². The zero-order valence-electron chi connectivity index (χ0n) is 14.6. The maximum Gasteiger partial charge on any atom is 0.122 e. The van der Waals surface area contributed by atoms with Crippen LogP contribution < -0.4 is 4.74 Å². The number of methoxy groups -OCH3 is 1. The van der Waals surface area contributed by atoms with Gasteiger partial charge >= 0.3 is 0 Å². The first-order valence-corrected chi connectivity index (χ1v) is 8.52. The molecule has 0 saturated carbocycles. The molecule has 0 saturated heterocycles. The lowest BCUT2D eigenvalue weighted by Crippen LogP contribution is -2.36. The van der Waals surface area contributed by atoms with E-state index in [0.29, 0.717) is 6.04 Å². The molecule has 5 heteroatoms. The number of imidazole rings is 1. The maximum absolute atomic E-state index is 5.30. The lowest BCUT2D eigenvalue weighted by Gasteiger charge is -2.36. The third kappa shape index (κ3) is 3.15. The van der Waals surface area contributed by atoms with Crippen LogP contribution in [-0.2, 0) is 19.6 Å². The van der Waals surface area contributed by atoms with Gasteiger partial charge in [0.1, 0.15) is 11.6 Å². The van der Waals surface area contributed by atoms with Crippen LogP contribution in [-0.4, -0.2) is 26.5 Å². The summed E-state index contributed by atoms with van der Waals surface area (Å²) < 4.78 is 7.56. The van der Waals surface area contributed by atoms with Crippen LogP contribution in [0.15, 0.2) is 55.1 Å². The Kier molecular flexibility index (Phi) is 4.24. The predicted molar refractivity (Wildman–Crippen MR) is 96.2 cm³/mol. The summed E-state index contributed by atoms with van der Waals surface area (Å²) in [5, 5.41) is 0. The SMILES string of the molecule is COc1ccc([C@@H]2Cn3ccnc3CN2Cc2ccncc2C)cc1. The largest absolute Gasteiger partial charge is 0.497 e. The monoisotopic (exact) mass is 334 g/mol. The van der Waals surface area contributed by atoms with Gasteiger partial charge in [0.15, 0.2) is 0 Å². The Balaban J connectivity index is 1.66. The molecule has 128 valence electrons. The first-order chi connectivity index (χ1) is 12.2. The van der Waals surface area contributed by atoms with Gasteiger partial charge in [-0.1, -0.05) is 12.1 Å². The topological polar surface area (TPSA) is 43.2 Å². The average Bonchev–Trinajstić information content (AvgIpc) is 3.10. The van der Waals surface area contributed by atoms with Gasteiger partial charge in [0.2, 0.25) is 0 Å². The Morgan fingerprint density at radius 1 is 1.16 bits per heavy atom. The van der Waals surface area contributed by atoms with Crippen LogP contribution in [0.2, 0.25) is 0 Å². The molecule has 0 aliphatic carbocycles. The third-order valence-electron chi connectivity index (χ3n) is 4.97. The quantitative estimate of drug-likeness (QED) is 0.734. The fourth-order valence-corrected chi connectivity index (χ4v) is 3.46. The summed E-state index contributed by atoms with van der Waals surface area (Å²) in [4.78, 5) is 11.2. The van der Waals surface area contributed by atoms with E-state index in [1.54, 1.807) is 7.11 Å². The summed E-state index contributed by atoms with van der Waals surface area (Å²) in [6, 6.07) is 10.8. The van der Waals surface area contributed by atoms with Gasteiger partial charge in [-0.25, -0.2) is 4.98 Å². The normalized spacial score (nSPS) is 17.3. The second-order valence-corrected chi connectivity index (χ2v) is 6.49. The molecule has 1 atom stereocenters. The summed E-state index contributed by atoms with van der Waals surface area (Å²) in [7, 11) is 1.70. The number of hydrogen-bond donors (Lipinski definition) is 0. The molecule has 2 aromatic heterocycles. The summed E-state index contributed by atoms with van der Waals surface area (Å²) in [6.07, 6.45) is 7.76. The Morgan fingerprint density at radius 2 is 2.00 bits per heavy atom. The van der Waals surface area contributed by atoms with Gasteiger partial charge in [-0.2, -0.15) is 0 Å². The first kappa shape index (κ1) is 15.8. The van der Waals surface area contributed by atoms with Crippen molar-refractivity contribution in [2.75, 3.05) is 7.11 Å². The Labute approximate surface area is 147 Å². The fourth-order valence-electron chi connectivity index (χ4n) is 3.46. The number of hydrogen-bond acceptors (Lipinski definition) is 4. The summed E-state index contributed by atoms with van der Waals surface area (Å²) in [6.45, 7) is 4.75. The first-order valence-electron chi connectivity index (χ1n) is 8.52. The minimum atomic E-state index is 0.306. The van der Waals surface area contributed by atoms with E-state index in [9.17, 15) is 0 Å². The van der Waals surface area contributed by atoms with Crippen LogP contribution in [0.5, 0.6) is 5.75 Å². The summed E-state index contributed by atoms with van der Waals surface area (Å²) >= 11 is 0. The molecule has 3 aromatic rings. The molecule has 0 spiro atoms. The van der Waals surface area contributed by atoms with Gasteiger partial charge in [0.05, 0.1) is 19.7 Å². The van der Waals surface area contributed by atoms with E-state index in [0.717, 1.165) is 31.2 Å². The highest BCUT2D eigenvalue weighted by Gasteiger charge is 2.28. The highest BCUT2D eigenvalue weighted by Crippen LogP contribution is 2.31. The van der Waals surface area contributed by atoms with Crippen molar-refractivity contribution in [2.45, 2.75) is 32.6 Å². The minimum absolute atomic E-state index is 0.306. The highest BCUT2D eigenvalue weighted by atomic mass is 16.5. The third-order valence-corrected chi connectivity index (χ3v) is 4.97. The molecule has 0 fully saturated rings. The van der Waals surface area contributed by atoms with Gasteiger partial charge in [-0.15, -0.1) is 0 Å². The predicted octanol–water partition coefficient (Wildman–Crippen LogP) is 3.35. The number of ether oxygens (including phenoxy) is 1. The zero-order valence-corrected chi connectivity index (χ0v) is 14.6. The molecule has 0 N–H and O–H groups in total.